The van der Waals surface area contributed by atoms with Crippen molar-refractivity contribution in [2.24, 2.45) is 10.8 Å². The predicted molar refractivity (Wildman–Crippen MR) is 61.0 cm³/mol. The Morgan fingerprint density at radius 1 is 1.31 bits per heavy atom. The van der Waals surface area contributed by atoms with Crippen molar-refractivity contribution in [3.05, 3.63) is 0 Å². The van der Waals surface area contributed by atoms with Crippen LogP contribution in [0, 0.1) is 10.8 Å². The number of rotatable bonds is 5. The van der Waals surface area contributed by atoms with Crippen LogP contribution in [0.4, 0.5) is 0 Å². The number of hydrogen-bond donors (Lipinski definition) is 2. The molecule has 0 aromatic heterocycles. The Morgan fingerprint density at radius 2 is 1.88 bits per heavy atom. The zero-order valence-electron chi connectivity index (χ0n) is 10.3. The molecule has 1 amide bonds. The van der Waals surface area contributed by atoms with Crippen molar-refractivity contribution in [3.8, 4) is 0 Å². The van der Waals surface area contributed by atoms with Crippen molar-refractivity contribution >= 4 is 11.9 Å². The first-order valence-electron chi connectivity index (χ1n) is 5.75. The number of carboxylic acid groups (broad SMARTS) is 1. The zero-order chi connectivity index (χ0) is 12.4. The molecule has 0 aliphatic heterocycles. The van der Waals surface area contributed by atoms with Gasteiger partial charge in [-0.1, -0.05) is 20.8 Å². The molecule has 1 saturated carbocycles. The number of carbonyl (C=O) groups excluding carboxylic acids is 1. The van der Waals surface area contributed by atoms with Gasteiger partial charge in [-0.15, -0.1) is 0 Å². The number of carbonyl (C=O) groups is 2. The third-order valence-corrected chi connectivity index (χ3v) is 3.03. The van der Waals surface area contributed by atoms with Crippen LogP contribution in [0.3, 0.4) is 0 Å². The molecule has 1 fully saturated rings. The lowest BCUT2D eigenvalue weighted by molar-refractivity contribution is -0.143. The van der Waals surface area contributed by atoms with Crippen molar-refractivity contribution in [2.75, 3.05) is 6.54 Å². The zero-order valence-corrected chi connectivity index (χ0v) is 10.3. The maximum Gasteiger partial charge on any atom is 0.311 e. The van der Waals surface area contributed by atoms with Crippen molar-refractivity contribution in [1.29, 1.82) is 0 Å². The van der Waals surface area contributed by atoms with E-state index in [0.29, 0.717) is 19.3 Å². The van der Waals surface area contributed by atoms with Crippen LogP contribution in [-0.2, 0) is 9.59 Å². The molecule has 0 unspecified atom stereocenters. The number of nitrogens with one attached hydrogen (secondary N) is 1. The van der Waals surface area contributed by atoms with Gasteiger partial charge >= 0.3 is 5.97 Å². The lowest BCUT2D eigenvalue weighted by Crippen LogP contribution is -2.34. The number of aliphatic carboxylic acids is 1. The van der Waals surface area contributed by atoms with Gasteiger partial charge in [0.15, 0.2) is 0 Å². The van der Waals surface area contributed by atoms with E-state index in [4.69, 9.17) is 5.11 Å². The van der Waals surface area contributed by atoms with Crippen LogP contribution >= 0.6 is 0 Å². The summed E-state index contributed by atoms with van der Waals surface area (Å²) in [6.45, 7) is 6.53. The first-order chi connectivity index (χ1) is 7.25. The fourth-order valence-corrected chi connectivity index (χ4v) is 1.46. The van der Waals surface area contributed by atoms with Crippen molar-refractivity contribution in [3.63, 3.8) is 0 Å². The molecule has 1 aliphatic carbocycles. The highest BCUT2D eigenvalue weighted by atomic mass is 16.4. The molecule has 0 spiro atoms. The van der Waals surface area contributed by atoms with E-state index in [2.05, 4.69) is 26.1 Å². The van der Waals surface area contributed by atoms with E-state index >= 15 is 0 Å². The Balaban J connectivity index is 2.24. The molecule has 0 saturated heterocycles. The summed E-state index contributed by atoms with van der Waals surface area (Å²) in [4.78, 5) is 22.3. The number of amides is 1. The van der Waals surface area contributed by atoms with E-state index in [1.54, 1.807) is 0 Å². The average Bonchev–Trinajstić information content (AvgIpc) is 2.91. The Hall–Kier alpha value is -1.06. The third kappa shape index (κ3) is 3.83. The summed E-state index contributed by atoms with van der Waals surface area (Å²) in [5.41, 5.74) is -0.515. The van der Waals surface area contributed by atoms with Crippen LogP contribution in [0.25, 0.3) is 0 Å². The first kappa shape index (κ1) is 13.0. The lowest BCUT2D eigenvalue weighted by atomic mass is 9.90. The Bertz CT molecular complexity index is 287. The second-order valence-electron chi connectivity index (χ2n) is 5.92. The average molecular weight is 227 g/mol. The summed E-state index contributed by atoms with van der Waals surface area (Å²) in [7, 11) is 0. The molecule has 0 atom stereocenters. The smallest absolute Gasteiger partial charge is 0.311 e. The highest BCUT2D eigenvalue weighted by Crippen LogP contribution is 2.45. The standard InChI is InChI=1S/C12H21NO3/c1-11(2,3)5-4-9(14)13-8-12(6-7-12)10(15)16/h4-8H2,1-3H3,(H,13,14)(H,15,16). The molecule has 0 aromatic rings. The topological polar surface area (TPSA) is 66.4 Å². The molecule has 4 nitrogen and oxygen atoms in total. The quantitative estimate of drug-likeness (QED) is 0.752. The summed E-state index contributed by atoms with van der Waals surface area (Å²) in [5.74, 6) is -0.828. The third-order valence-electron chi connectivity index (χ3n) is 3.03. The minimum atomic E-state index is -0.788. The van der Waals surface area contributed by atoms with Gasteiger partial charge in [0.1, 0.15) is 0 Å². The molecular weight excluding hydrogens is 206 g/mol. The van der Waals surface area contributed by atoms with E-state index in [1.807, 2.05) is 0 Å². The molecule has 92 valence electrons. The summed E-state index contributed by atoms with van der Waals surface area (Å²) in [6.07, 6.45) is 2.65. The van der Waals surface area contributed by atoms with Crippen molar-refractivity contribution in [2.45, 2.75) is 46.5 Å². The highest BCUT2D eigenvalue weighted by Gasteiger charge is 2.50. The van der Waals surface area contributed by atoms with Gasteiger partial charge in [-0.3, -0.25) is 9.59 Å². The molecule has 1 aliphatic rings. The van der Waals surface area contributed by atoms with E-state index < -0.39 is 11.4 Å². The van der Waals surface area contributed by atoms with Gasteiger partial charge < -0.3 is 10.4 Å². The van der Waals surface area contributed by atoms with Crippen LogP contribution in [0.5, 0.6) is 0 Å². The van der Waals surface area contributed by atoms with Crippen LogP contribution in [-0.4, -0.2) is 23.5 Å². The second-order valence-corrected chi connectivity index (χ2v) is 5.92. The van der Waals surface area contributed by atoms with E-state index in [-0.39, 0.29) is 17.9 Å². The number of hydrogen-bond acceptors (Lipinski definition) is 2. The van der Waals surface area contributed by atoms with Gasteiger partial charge in [-0.05, 0) is 24.7 Å². The van der Waals surface area contributed by atoms with Crippen LogP contribution < -0.4 is 5.32 Å². The van der Waals surface area contributed by atoms with Gasteiger partial charge in [0.05, 0.1) is 5.41 Å². The maximum absolute atomic E-state index is 11.5. The van der Waals surface area contributed by atoms with Gasteiger partial charge in [-0.2, -0.15) is 0 Å². The Kier molecular flexibility index (Phi) is 3.61. The summed E-state index contributed by atoms with van der Waals surface area (Å²) in [5, 5.41) is 11.6. The largest absolute Gasteiger partial charge is 0.481 e. The first-order valence-corrected chi connectivity index (χ1v) is 5.75. The highest BCUT2D eigenvalue weighted by molar-refractivity contribution is 5.80. The normalized spacial score (nSPS) is 17.9. The SMILES string of the molecule is CC(C)(C)CCC(=O)NCC1(C(=O)O)CC1. The lowest BCUT2D eigenvalue weighted by Gasteiger charge is -2.18. The van der Waals surface area contributed by atoms with Gasteiger partial charge in [0, 0.05) is 13.0 Å². The Morgan fingerprint density at radius 3 is 2.25 bits per heavy atom. The fraction of sp³-hybridized carbons (Fsp3) is 0.833. The molecule has 2 N–H and O–H groups in total. The van der Waals surface area contributed by atoms with Gasteiger partial charge in [0.25, 0.3) is 0 Å². The van der Waals surface area contributed by atoms with E-state index in [1.165, 1.54) is 0 Å². The maximum atomic E-state index is 11.5. The molecule has 0 aromatic carbocycles. The summed E-state index contributed by atoms with van der Waals surface area (Å²) < 4.78 is 0. The molecule has 0 bridgehead atoms. The predicted octanol–water partition coefficient (Wildman–Crippen LogP) is 1.79. The van der Waals surface area contributed by atoms with Gasteiger partial charge in [0.2, 0.25) is 5.91 Å². The molecule has 0 heterocycles. The van der Waals surface area contributed by atoms with Crippen LogP contribution in [0.15, 0.2) is 0 Å². The van der Waals surface area contributed by atoms with Crippen LogP contribution in [0.1, 0.15) is 46.5 Å². The summed E-state index contributed by atoms with van der Waals surface area (Å²) in [6, 6.07) is 0. The van der Waals surface area contributed by atoms with E-state index in [9.17, 15) is 9.59 Å². The monoisotopic (exact) mass is 227 g/mol. The summed E-state index contributed by atoms with van der Waals surface area (Å²) >= 11 is 0. The minimum Gasteiger partial charge on any atom is -0.481 e. The van der Waals surface area contributed by atoms with Crippen LogP contribution in [0.2, 0.25) is 0 Å². The molecule has 1 rings (SSSR count). The van der Waals surface area contributed by atoms with Crippen molar-refractivity contribution < 1.29 is 14.7 Å². The second kappa shape index (κ2) is 4.44. The molecule has 16 heavy (non-hydrogen) atoms. The molecular formula is C12H21NO3. The minimum absolute atomic E-state index is 0.0394. The Labute approximate surface area is 96.4 Å². The van der Waals surface area contributed by atoms with E-state index in [0.717, 1.165) is 6.42 Å². The fourth-order valence-electron chi connectivity index (χ4n) is 1.46. The number of carboxylic acids is 1. The molecule has 4 heteroatoms. The van der Waals surface area contributed by atoms with Gasteiger partial charge in [-0.25, -0.2) is 0 Å². The van der Waals surface area contributed by atoms with Crippen molar-refractivity contribution in [1.82, 2.24) is 5.32 Å². The molecule has 0 radical (unpaired) electrons.